The first-order valence-corrected chi connectivity index (χ1v) is 12.0. The van der Waals surface area contributed by atoms with Gasteiger partial charge in [0.05, 0.1) is 6.10 Å². The summed E-state index contributed by atoms with van der Waals surface area (Å²) < 4.78 is 32.7. The van der Waals surface area contributed by atoms with Crippen LogP contribution in [0.3, 0.4) is 0 Å². The highest BCUT2D eigenvalue weighted by molar-refractivity contribution is 9.09. The highest BCUT2D eigenvalue weighted by Crippen LogP contribution is 2.40. The first-order chi connectivity index (χ1) is 14.6. The standard InChI is InChI=1S/C21H26BrO8P/c1-15(22)21(30-31(24,25)26)12-20(29-16(2)23)14-28-19-10-8-18(9-11-19)27-13-17-6-4-3-5-7-17/h3-11,15,20-21H,12-14H2,1-2H3,(H2,24,25,26). The fourth-order valence-corrected chi connectivity index (χ4v) is 3.81. The van der Waals surface area contributed by atoms with E-state index in [1.807, 2.05) is 30.3 Å². The maximum Gasteiger partial charge on any atom is 0.469 e. The minimum absolute atomic E-state index is 0.00939. The smallest absolute Gasteiger partial charge is 0.469 e. The van der Waals surface area contributed by atoms with E-state index >= 15 is 0 Å². The van der Waals surface area contributed by atoms with Crippen LogP contribution in [0.1, 0.15) is 25.8 Å². The first-order valence-electron chi connectivity index (χ1n) is 9.57. The molecule has 0 fully saturated rings. The molecule has 2 N–H and O–H groups in total. The molecule has 0 aliphatic heterocycles. The summed E-state index contributed by atoms with van der Waals surface area (Å²) in [4.78, 5) is 29.2. The Morgan fingerprint density at radius 3 is 2.13 bits per heavy atom. The van der Waals surface area contributed by atoms with Gasteiger partial charge in [0, 0.05) is 18.2 Å². The number of esters is 1. The van der Waals surface area contributed by atoms with Gasteiger partial charge in [0.2, 0.25) is 0 Å². The molecule has 170 valence electrons. The van der Waals surface area contributed by atoms with E-state index in [-0.39, 0.29) is 17.9 Å². The van der Waals surface area contributed by atoms with Crippen LogP contribution in [-0.4, -0.2) is 39.4 Å². The van der Waals surface area contributed by atoms with Gasteiger partial charge >= 0.3 is 13.8 Å². The van der Waals surface area contributed by atoms with Crippen molar-refractivity contribution in [2.75, 3.05) is 6.61 Å². The number of ether oxygens (including phenoxy) is 3. The molecule has 0 saturated heterocycles. The Kier molecular flexibility index (Phi) is 9.99. The highest BCUT2D eigenvalue weighted by atomic mass is 79.9. The van der Waals surface area contributed by atoms with E-state index < -0.39 is 26.0 Å². The molecule has 8 nitrogen and oxygen atoms in total. The zero-order chi connectivity index (χ0) is 22.9. The molecule has 0 amide bonds. The van der Waals surface area contributed by atoms with Gasteiger partial charge in [-0.3, -0.25) is 9.32 Å². The van der Waals surface area contributed by atoms with Crippen LogP contribution in [0.5, 0.6) is 11.5 Å². The van der Waals surface area contributed by atoms with Gasteiger partial charge in [-0.15, -0.1) is 0 Å². The average molecular weight is 517 g/mol. The van der Waals surface area contributed by atoms with Gasteiger partial charge in [-0.25, -0.2) is 4.57 Å². The third kappa shape index (κ3) is 10.3. The molecular weight excluding hydrogens is 491 g/mol. The Balaban J connectivity index is 1.92. The number of carbonyl (C=O) groups excluding carboxylic acids is 1. The van der Waals surface area contributed by atoms with Crippen LogP contribution >= 0.6 is 23.8 Å². The molecule has 0 saturated carbocycles. The number of alkyl halides is 1. The Bertz CT molecular complexity index is 853. The van der Waals surface area contributed by atoms with Gasteiger partial charge in [0.25, 0.3) is 0 Å². The molecule has 0 aromatic heterocycles. The third-order valence-corrected chi connectivity index (χ3v) is 5.26. The minimum Gasteiger partial charge on any atom is -0.490 e. The first kappa shape index (κ1) is 25.4. The molecule has 2 aromatic carbocycles. The molecule has 3 unspecified atom stereocenters. The lowest BCUT2D eigenvalue weighted by molar-refractivity contribution is -0.149. The van der Waals surface area contributed by atoms with Crippen LogP contribution in [0, 0.1) is 0 Å². The van der Waals surface area contributed by atoms with Crippen molar-refractivity contribution in [2.24, 2.45) is 0 Å². The van der Waals surface area contributed by atoms with Crippen LogP contribution in [0.4, 0.5) is 0 Å². The molecule has 0 aliphatic carbocycles. The number of rotatable bonds is 12. The summed E-state index contributed by atoms with van der Waals surface area (Å²) >= 11 is 3.26. The summed E-state index contributed by atoms with van der Waals surface area (Å²) in [5, 5.41) is 0. The van der Waals surface area contributed by atoms with Crippen molar-refractivity contribution < 1.29 is 37.9 Å². The summed E-state index contributed by atoms with van der Waals surface area (Å²) in [5.41, 5.74) is 1.06. The second kappa shape index (κ2) is 12.2. The summed E-state index contributed by atoms with van der Waals surface area (Å²) in [6.07, 6.45) is -1.61. The van der Waals surface area contributed by atoms with Crippen molar-refractivity contribution in [3.63, 3.8) is 0 Å². The fourth-order valence-electron chi connectivity index (χ4n) is 2.70. The second-order valence-corrected chi connectivity index (χ2v) is 9.47. The van der Waals surface area contributed by atoms with E-state index in [1.54, 1.807) is 31.2 Å². The van der Waals surface area contributed by atoms with Crippen molar-refractivity contribution in [2.45, 2.75) is 43.9 Å². The summed E-state index contributed by atoms with van der Waals surface area (Å²) in [5.74, 6) is 0.676. The second-order valence-electron chi connectivity index (χ2n) is 6.84. The zero-order valence-electron chi connectivity index (χ0n) is 17.2. The third-order valence-electron chi connectivity index (χ3n) is 4.12. The van der Waals surface area contributed by atoms with Crippen molar-refractivity contribution in [3.8, 4) is 11.5 Å². The Labute approximate surface area is 189 Å². The normalized spacial score (nSPS) is 14.4. The van der Waals surface area contributed by atoms with E-state index in [4.69, 9.17) is 28.5 Å². The average Bonchev–Trinajstić information content (AvgIpc) is 2.70. The molecule has 10 heteroatoms. The molecule has 0 heterocycles. The monoisotopic (exact) mass is 516 g/mol. The molecule has 0 radical (unpaired) electrons. The maximum atomic E-state index is 11.4. The number of hydrogen-bond donors (Lipinski definition) is 2. The lowest BCUT2D eigenvalue weighted by Crippen LogP contribution is -2.33. The summed E-state index contributed by atoms with van der Waals surface area (Å²) in [6.45, 7) is 3.37. The van der Waals surface area contributed by atoms with E-state index in [2.05, 4.69) is 15.9 Å². The Hall–Kier alpha value is -1.90. The summed E-state index contributed by atoms with van der Waals surface area (Å²) in [7, 11) is -4.70. The van der Waals surface area contributed by atoms with Gasteiger partial charge < -0.3 is 24.0 Å². The molecule has 2 aromatic rings. The minimum atomic E-state index is -4.70. The van der Waals surface area contributed by atoms with Crippen LogP contribution in [0.2, 0.25) is 0 Å². The van der Waals surface area contributed by atoms with Gasteiger partial charge in [-0.05, 0) is 29.8 Å². The van der Waals surface area contributed by atoms with Crippen LogP contribution < -0.4 is 9.47 Å². The number of phosphoric acid groups is 1. The molecule has 31 heavy (non-hydrogen) atoms. The molecule has 0 spiro atoms. The van der Waals surface area contributed by atoms with Crippen molar-refractivity contribution in [1.29, 1.82) is 0 Å². The lowest BCUT2D eigenvalue weighted by Gasteiger charge is -2.25. The lowest BCUT2D eigenvalue weighted by atomic mass is 10.1. The van der Waals surface area contributed by atoms with Gasteiger partial charge in [0.1, 0.15) is 30.8 Å². The number of halogens is 1. The van der Waals surface area contributed by atoms with Gasteiger partial charge in [-0.1, -0.05) is 53.2 Å². The van der Waals surface area contributed by atoms with Crippen molar-refractivity contribution >= 4 is 29.7 Å². The van der Waals surface area contributed by atoms with Crippen LogP contribution in [0.15, 0.2) is 54.6 Å². The molecule has 2 rings (SSSR count). The predicted molar refractivity (Wildman–Crippen MR) is 118 cm³/mol. The predicted octanol–water partition coefficient (Wildman–Crippen LogP) is 4.23. The number of carbonyl (C=O) groups is 1. The number of hydrogen-bond acceptors (Lipinski definition) is 6. The van der Waals surface area contributed by atoms with Gasteiger partial charge in [-0.2, -0.15) is 0 Å². The van der Waals surface area contributed by atoms with E-state index in [9.17, 15) is 9.36 Å². The van der Waals surface area contributed by atoms with E-state index in [1.165, 1.54) is 6.92 Å². The van der Waals surface area contributed by atoms with E-state index in [0.29, 0.717) is 18.1 Å². The quantitative estimate of drug-likeness (QED) is 0.245. The topological polar surface area (TPSA) is 112 Å². The molecule has 0 bridgehead atoms. The Morgan fingerprint density at radius 2 is 1.61 bits per heavy atom. The Morgan fingerprint density at radius 1 is 1.03 bits per heavy atom. The fraction of sp³-hybridized carbons (Fsp3) is 0.381. The molecular formula is C21H26BrO8P. The van der Waals surface area contributed by atoms with Crippen LogP contribution in [0.25, 0.3) is 0 Å². The van der Waals surface area contributed by atoms with Crippen molar-refractivity contribution in [3.05, 3.63) is 60.2 Å². The number of phosphoric ester groups is 1. The summed E-state index contributed by atoms with van der Waals surface area (Å²) in [6, 6.07) is 16.8. The SMILES string of the molecule is CC(=O)OC(COc1ccc(OCc2ccccc2)cc1)CC(OP(=O)(O)O)C(C)Br. The highest BCUT2D eigenvalue weighted by Gasteiger charge is 2.30. The maximum absolute atomic E-state index is 11.4. The number of benzene rings is 2. The molecule has 0 aliphatic rings. The van der Waals surface area contributed by atoms with Crippen LogP contribution in [-0.2, 0) is 25.2 Å². The van der Waals surface area contributed by atoms with Gasteiger partial charge in [0.15, 0.2) is 0 Å². The molecule has 3 atom stereocenters. The van der Waals surface area contributed by atoms with E-state index in [0.717, 1.165) is 5.56 Å². The largest absolute Gasteiger partial charge is 0.490 e. The van der Waals surface area contributed by atoms with Crippen molar-refractivity contribution in [1.82, 2.24) is 0 Å². The zero-order valence-corrected chi connectivity index (χ0v) is 19.7.